The van der Waals surface area contributed by atoms with Gasteiger partial charge in [-0.2, -0.15) is 0 Å². The molecule has 0 fully saturated rings. The van der Waals surface area contributed by atoms with Crippen molar-refractivity contribution in [1.82, 2.24) is 4.57 Å². The van der Waals surface area contributed by atoms with Crippen molar-refractivity contribution in [3.8, 4) is 0 Å². The summed E-state index contributed by atoms with van der Waals surface area (Å²) in [6.07, 6.45) is 1.57. The average molecular weight is 391 g/mol. The van der Waals surface area contributed by atoms with Gasteiger partial charge in [0.1, 0.15) is 5.56 Å². The second kappa shape index (κ2) is 8.52. The largest absolute Gasteiger partial charge is 0.310 e. The molecule has 0 unspecified atom stereocenters. The Morgan fingerprint density at radius 1 is 1.10 bits per heavy atom. The summed E-state index contributed by atoms with van der Waals surface area (Å²) in [6, 6.07) is 16.8. The number of nitrogens with zero attached hydrogens (tertiary/aromatic N) is 3. The van der Waals surface area contributed by atoms with E-state index in [0.29, 0.717) is 12.1 Å². The lowest BCUT2D eigenvalue weighted by atomic mass is 10.1. The Bertz CT molecular complexity index is 1120. The first-order valence-corrected chi connectivity index (χ1v) is 9.22. The molecule has 1 aromatic heterocycles. The molecule has 0 spiro atoms. The van der Waals surface area contributed by atoms with Crippen LogP contribution in [0.25, 0.3) is 0 Å². The molecular weight excluding hydrogens is 370 g/mol. The van der Waals surface area contributed by atoms with Crippen LogP contribution in [0.15, 0.2) is 71.7 Å². The van der Waals surface area contributed by atoms with Crippen LogP contribution in [0, 0.1) is 17.0 Å². The Labute approximate surface area is 168 Å². The number of carbonyl (C=O) groups excluding carboxylic acids is 1. The van der Waals surface area contributed by atoms with Crippen molar-refractivity contribution >= 4 is 17.3 Å². The van der Waals surface area contributed by atoms with Crippen LogP contribution in [0.1, 0.15) is 28.4 Å². The highest BCUT2D eigenvalue weighted by molar-refractivity contribution is 6.05. The van der Waals surface area contributed by atoms with E-state index in [1.807, 2.05) is 38.1 Å². The van der Waals surface area contributed by atoms with Crippen molar-refractivity contribution in [2.45, 2.75) is 20.4 Å². The fourth-order valence-corrected chi connectivity index (χ4v) is 3.17. The number of nitro benzene ring substituents is 1. The molecule has 0 aliphatic rings. The minimum atomic E-state index is -0.479. The summed E-state index contributed by atoms with van der Waals surface area (Å²) in [4.78, 5) is 38.1. The quantitative estimate of drug-likeness (QED) is 0.473. The summed E-state index contributed by atoms with van der Waals surface area (Å²) in [7, 11) is 0. The van der Waals surface area contributed by atoms with Gasteiger partial charge in [-0.25, -0.2) is 0 Å². The Balaban J connectivity index is 1.93. The number of hydrogen-bond acceptors (Lipinski definition) is 4. The van der Waals surface area contributed by atoms with E-state index in [2.05, 4.69) is 0 Å². The number of carbonyl (C=O) groups is 1. The number of benzene rings is 2. The van der Waals surface area contributed by atoms with Crippen LogP contribution in [0.2, 0.25) is 0 Å². The van der Waals surface area contributed by atoms with Gasteiger partial charge in [0.15, 0.2) is 0 Å². The number of hydrogen-bond donors (Lipinski definition) is 0. The third kappa shape index (κ3) is 4.40. The first-order valence-electron chi connectivity index (χ1n) is 9.22. The van der Waals surface area contributed by atoms with Crippen molar-refractivity contribution in [2.75, 3.05) is 11.4 Å². The Morgan fingerprint density at radius 3 is 2.55 bits per heavy atom. The van der Waals surface area contributed by atoms with Gasteiger partial charge in [-0.1, -0.05) is 24.3 Å². The molecule has 148 valence electrons. The zero-order chi connectivity index (χ0) is 21.0. The summed E-state index contributed by atoms with van der Waals surface area (Å²) >= 11 is 0. The highest BCUT2D eigenvalue weighted by Gasteiger charge is 2.20. The molecule has 0 atom stereocenters. The fourth-order valence-electron chi connectivity index (χ4n) is 3.17. The van der Waals surface area contributed by atoms with Crippen LogP contribution >= 0.6 is 0 Å². The third-order valence-electron chi connectivity index (χ3n) is 4.60. The number of non-ortho nitro benzene ring substituents is 1. The number of aryl methyl sites for hydroxylation is 1. The van der Waals surface area contributed by atoms with E-state index < -0.39 is 10.5 Å². The van der Waals surface area contributed by atoms with E-state index in [1.54, 1.807) is 29.3 Å². The van der Waals surface area contributed by atoms with E-state index in [9.17, 15) is 19.7 Å². The lowest BCUT2D eigenvalue weighted by Gasteiger charge is -2.21. The molecule has 1 amide bonds. The van der Waals surface area contributed by atoms with Crippen molar-refractivity contribution in [2.24, 2.45) is 0 Å². The summed E-state index contributed by atoms with van der Waals surface area (Å²) in [6.45, 7) is 4.35. The van der Waals surface area contributed by atoms with Crippen LogP contribution in [0.4, 0.5) is 11.4 Å². The van der Waals surface area contributed by atoms with Gasteiger partial charge in [-0.05, 0) is 49.2 Å². The van der Waals surface area contributed by atoms with E-state index in [-0.39, 0.29) is 23.7 Å². The first-order chi connectivity index (χ1) is 13.9. The van der Waals surface area contributed by atoms with Crippen molar-refractivity contribution in [3.63, 3.8) is 0 Å². The van der Waals surface area contributed by atoms with Gasteiger partial charge >= 0.3 is 0 Å². The van der Waals surface area contributed by atoms with E-state index in [0.717, 1.165) is 11.3 Å². The fraction of sp³-hybridized carbons (Fsp3) is 0.182. The maximum Gasteiger partial charge on any atom is 0.269 e. The molecule has 2 aromatic carbocycles. The first kappa shape index (κ1) is 20.0. The number of nitro groups is 1. The molecular formula is C22H21N3O4. The lowest BCUT2D eigenvalue weighted by Crippen LogP contribution is -2.36. The number of amides is 1. The zero-order valence-electron chi connectivity index (χ0n) is 16.2. The maximum absolute atomic E-state index is 13.1. The van der Waals surface area contributed by atoms with Crippen LogP contribution in [0.5, 0.6) is 0 Å². The molecule has 0 bridgehead atoms. The number of anilines is 1. The predicted molar refractivity (Wildman–Crippen MR) is 111 cm³/mol. The molecule has 0 radical (unpaired) electrons. The predicted octanol–water partition coefficient (Wildman–Crippen LogP) is 3.78. The smallest absolute Gasteiger partial charge is 0.269 e. The summed E-state index contributed by atoms with van der Waals surface area (Å²) in [5.74, 6) is -0.378. The van der Waals surface area contributed by atoms with Crippen LogP contribution in [-0.2, 0) is 6.54 Å². The summed E-state index contributed by atoms with van der Waals surface area (Å²) in [5.41, 5.74) is 1.93. The minimum Gasteiger partial charge on any atom is -0.310 e. The van der Waals surface area contributed by atoms with Crippen LogP contribution in [0.3, 0.4) is 0 Å². The number of aromatic nitrogens is 1. The SMILES string of the molecule is CCN(C(=O)c1cccn(Cc2cccc([N+](=O)[O-])c2)c1=O)c1cccc(C)c1. The molecule has 0 N–H and O–H groups in total. The van der Waals surface area contributed by atoms with Crippen molar-refractivity contribution in [3.05, 3.63) is 104 Å². The van der Waals surface area contributed by atoms with E-state index in [4.69, 9.17) is 0 Å². The normalized spacial score (nSPS) is 10.6. The third-order valence-corrected chi connectivity index (χ3v) is 4.60. The van der Waals surface area contributed by atoms with Gasteiger partial charge in [-0.3, -0.25) is 19.7 Å². The average Bonchev–Trinajstić information content (AvgIpc) is 2.70. The van der Waals surface area contributed by atoms with Gasteiger partial charge in [0, 0.05) is 30.6 Å². The van der Waals surface area contributed by atoms with Crippen LogP contribution in [-0.4, -0.2) is 21.9 Å². The van der Waals surface area contributed by atoms with Crippen molar-refractivity contribution in [1.29, 1.82) is 0 Å². The van der Waals surface area contributed by atoms with Gasteiger partial charge < -0.3 is 9.47 Å². The highest BCUT2D eigenvalue weighted by Crippen LogP contribution is 2.18. The molecule has 3 aromatic rings. The molecule has 0 saturated heterocycles. The monoisotopic (exact) mass is 391 g/mol. The topological polar surface area (TPSA) is 85.4 Å². The maximum atomic E-state index is 13.1. The van der Waals surface area contributed by atoms with Gasteiger partial charge in [-0.15, -0.1) is 0 Å². The molecule has 0 aliphatic heterocycles. The van der Waals surface area contributed by atoms with Gasteiger partial charge in [0.25, 0.3) is 17.2 Å². The van der Waals surface area contributed by atoms with Gasteiger partial charge in [0.2, 0.25) is 0 Å². The molecule has 0 aliphatic carbocycles. The highest BCUT2D eigenvalue weighted by atomic mass is 16.6. The molecule has 1 heterocycles. The van der Waals surface area contributed by atoms with Crippen molar-refractivity contribution < 1.29 is 9.72 Å². The van der Waals surface area contributed by atoms with E-state index >= 15 is 0 Å². The Hall–Kier alpha value is -3.74. The standard InChI is InChI=1S/C22H21N3O4/c1-3-24(18-9-4-7-16(2)13-18)22(27)20-11-6-12-23(21(20)26)15-17-8-5-10-19(14-17)25(28)29/h4-14H,3,15H2,1-2H3. The molecule has 29 heavy (non-hydrogen) atoms. The number of pyridine rings is 1. The molecule has 7 heteroatoms. The van der Waals surface area contributed by atoms with Crippen LogP contribution < -0.4 is 10.5 Å². The lowest BCUT2D eigenvalue weighted by molar-refractivity contribution is -0.384. The molecule has 3 rings (SSSR count). The van der Waals surface area contributed by atoms with E-state index in [1.165, 1.54) is 22.8 Å². The molecule has 7 nitrogen and oxygen atoms in total. The summed E-state index contributed by atoms with van der Waals surface area (Å²) < 4.78 is 1.39. The Kier molecular flexibility index (Phi) is 5.87. The summed E-state index contributed by atoms with van der Waals surface area (Å²) in [5, 5.41) is 11.0. The zero-order valence-corrected chi connectivity index (χ0v) is 16.2. The minimum absolute atomic E-state index is 0.0422. The van der Waals surface area contributed by atoms with Gasteiger partial charge in [0.05, 0.1) is 11.5 Å². The second-order valence-corrected chi connectivity index (χ2v) is 6.67. The Morgan fingerprint density at radius 2 is 1.86 bits per heavy atom. The number of rotatable bonds is 6. The molecule has 0 saturated carbocycles. The second-order valence-electron chi connectivity index (χ2n) is 6.67.